The van der Waals surface area contributed by atoms with E-state index in [1.807, 2.05) is 30.3 Å². The summed E-state index contributed by atoms with van der Waals surface area (Å²) in [5.74, 6) is 0.0631. The van der Waals surface area contributed by atoms with E-state index < -0.39 is 12.0 Å². The number of hydrogen-bond donors (Lipinski definition) is 0. The maximum atomic E-state index is 13.3. The van der Waals surface area contributed by atoms with Gasteiger partial charge in [-0.15, -0.1) is 0 Å². The number of thiazole rings is 1. The van der Waals surface area contributed by atoms with Crippen molar-refractivity contribution in [3.8, 4) is 0 Å². The number of carbonyl (C=O) groups excluding carboxylic acids is 1. The smallest absolute Gasteiger partial charge is 0.338 e. The number of hydrogen-bond acceptors (Lipinski definition) is 6. The molecule has 3 heterocycles. The van der Waals surface area contributed by atoms with E-state index in [1.165, 1.54) is 17.4 Å². The number of furan rings is 1. The van der Waals surface area contributed by atoms with Gasteiger partial charge >= 0.3 is 5.97 Å². The minimum Gasteiger partial charge on any atom is -0.465 e. The molecule has 4 rings (SSSR count). The Morgan fingerprint density at radius 2 is 2.10 bits per heavy atom. The molecule has 7 heteroatoms. The first kappa shape index (κ1) is 18.9. The fourth-order valence-corrected chi connectivity index (χ4v) is 4.28. The van der Waals surface area contributed by atoms with Gasteiger partial charge < -0.3 is 9.15 Å². The predicted octanol–water partition coefficient (Wildman–Crippen LogP) is 2.56. The summed E-state index contributed by atoms with van der Waals surface area (Å²) in [6, 6.07) is 12.3. The number of nitrogens with zero attached hydrogens (tertiary/aromatic N) is 2. The summed E-state index contributed by atoms with van der Waals surface area (Å²) in [7, 11) is 0. The molecule has 1 atom stereocenters. The highest BCUT2D eigenvalue weighted by molar-refractivity contribution is 7.07. The lowest BCUT2D eigenvalue weighted by Crippen LogP contribution is -2.39. The number of fused-ring (bicyclic) bond motifs is 1. The Kier molecular flexibility index (Phi) is 5.14. The van der Waals surface area contributed by atoms with Gasteiger partial charge in [-0.2, -0.15) is 0 Å². The highest BCUT2D eigenvalue weighted by atomic mass is 32.1. The van der Waals surface area contributed by atoms with Crippen LogP contribution in [-0.4, -0.2) is 17.1 Å². The first-order chi connectivity index (χ1) is 14.1. The molecule has 1 aromatic carbocycles. The molecule has 6 nitrogen and oxygen atoms in total. The summed E-state index contributed by atoms with van der Waals surface area (Å²) in [4.78, 5) is 31.1. The second kappa shape index (κ2) is 7.89. The molecule has 2 aromatic heterocycles. The lowest BCUT2D eigenvalue weighted by Gasteiger charge is -2.24. The second-order valence-corrected chi connectivity index (χ2v) is 7.40. The monoisotopic (exact) mass is 406 g/mol. The average molecular weight is 406 g/mol. The van der Waals surface area contributed by atoms with Gasteiger partial charge in [0, 0.05) is 6.08 Å². The van der Waals surface area contributed by atoms with Gasteiger partial charge in [0.2, 0.25) is 0 Å². The van der Waals surface area contributed by atoms with Crippen molar-refractivity contribution in [3.63, 3.8) is 0 Å². The van der Waals surface area contributed by atoms with E-state index in [4.69, 9.17) is 9.15 Å². The number of rotatable bonds is 5. The molecule has 0 fully saturated rings. The first-order valence-electron chi connectivity index (χ1n) is 8.99. The average Bonchev–Trinajstić information content (AvgIpc) is 3.34. The molecule has 3 aromatic rings. The van der Waals surface area contributed by atoms with Crippen molar-refractivity contribution in [1.29, 1.82) is 0 Å². The molecule has 1 aliphatic heterocycles. The standard InChI is InChI=1S/C22H18N2O4S/c1-3-11-28-21(26)18-14(2)23-22-24(19(18)15-8-5-4-6-9-15)20(25)17(29-22)13-16-10-7-12-27-16/h3-10,12-13,19H,1,11H2,2H3/b17-13-. The highest BCUT2D eigenvalue weighted by Crippen LogP contribution is 2.30. The molecule has 0 amide bonds. The van der Waals surface area contributed by atoms with E-state index in [-0.39, 0.29) is 12.2 Å². The van der Waals surface area contributed by atoms with Crippen LogP contribution in [-0.2, 0) is 9.53 Å². The third kappa shape index (κ3) is 3.52. The second-order valence-electron chi connectivity index (χ2n) is 6.40. The summed E-state index contributed by atoms with van der Waals surface area (Å²) >= 11 is 1.26. The third-order valence-electron chi connectivity index (χ3n) is 4.51. The molecule has 146 valence electrons. The van der Waals surface area contributed by atoms with E-state index in [9.17, 15) is 9.59 Å². The summed E-state index contributed by atoms with van der Waals surface area (Å²) in [6.07, 6.45) is 4.73. The van der Waals surface area contributed by atoms with E-state index >= 15 is 0 Å². The van der Waals surface area contributed by atoms with Crippen LogP contribution >= 0.6 is 11.3 Å². The first-order valence-corrected chi connectivity index (χ1v) is 9.81. The zero-order valence-corrected chi connectivity index (χ0v) is 16.5. The van der Waals surface area contributed by atoms with Crippen molar-refractivity contribution < 1.29 is 13.9 Å². The van der Waals surface area contributed by atoms with Crippen LogP contribution in [0.5, 0.6) is 0 Å². The molecule has 0 spiro atoms. The van der Waals surface area contributed by atoms with Gasteiger partial charge in [-0.1, -0.05) is 54.3 Å². The minimum absolute atomic E-state index is 0.0834. The normalized spacial score (nSPS) is 16.3. The van der Waals surface area contributed by atoms with Crippen LogP contribution in [0, 0.1) is 0 Å². The molecule has 0 bridgehead atoms. The van der Waals surface area contributed by atoms with Gasteiger partial charge in [0.15, 0.2) is 4.80 Å². The van der Waals surface area contributed by atoms with Crippen LogP contribution in [0.15, 0.2) is 86.9 Å². The van der Waals surface area contributed by atoms with E-state index in [1.54, 1.807) is 36.0 Å². The summed E-state index contributed by atoms with van der Waals surface area (Å²) in [5.41, 5.74) is 1.44. The Bertz CT molecular complexity index is 1260. The van der Waals surface area contributed by atoms with Crippen molar-refractivity contribution in [2.24, 2.45) is 4.99 Å². The van der Waals surface area contributed by atoms with E-state index in [0.717, 1.165) is 5.56 Å². The van der Waals surface area contributed by atoms with Gasteiger partial charge in [0.25, 0.3) is 5.56 Å². The van der Waals surface area contributed by atoms with E-state index in [0.29, 0.717) is 26.4 Å². The molecular formula is C22H18N2O4S. The Balaban J connectivity index is 1.94. The fourth-order valence-electron chi connectivity index (χ4n) is 3.25. The Labute approximate surface area is 170 Å². The van der Waals surface area contributed by atoms with Crippen LogP contribution in [0.4, 0.5) is 0 Å². The Morgan fingerprint density at radius 1 is 1.31 bits per heavy atom. The molecule has 0 radical (unpaired) electrons. The Hall–Kier alpha value is -3.45. The molecule has 29 heavy (non-hydrogen) atoms. The van der Waals surface area contributed by atoms with Crippen molar-refractivity contribution in [2.75, 3.05) is 6.61 Å². The summed E-state index contributed by atoms with van der Waals surface area (Å²) in [5, 5.41) is 0. The number of ether oxygens (including phenoxy) is 1. The molecule has 1 aliphatic rings. The molecule has 0 N–H and O–H groups in total. The van der Waals surface area contributed by atoms with Crippen LogP contribution in [0.25, 0.3) is 6.08 Å². The van der Waals surface area contributed by atoms with Gasteiger partial charge in [0.05, 0.1) is 28.1 Å². The molecule has 1 unspecified atom stereocenters. The van der Waals surface area contributed by atoms with Crippen molar-refractivity contribution in [2.45, 2.75) is 13.0 Å². The van der Waals surface area contributed by atoms with Crippen molar-refractivity contribution >= 4 is 23.4 Å². The van der Waals surface area contributed by atoms with Crippen LogP contribution in [0.1, 0.15) is 24.3 Å². The minimum atomic E-state index is -0.622. The van der Waals surface area contributed by atoms with Gasteiger partial charge in [-0.05, 0) is 24.6 Å². The molecule has 0 saturated carbocycles. The fraction of sp³-hybridized carbons (Fsp3) is 0.136. The quantitative estimate of drug-likeness (QED) is 0.482. The van der Waals surface area contributed by atoms with Crippen LogP contribution in [0.2, 0.25) is 0 Å². The lowest BCUT2D eigenvalue weighted by molar-refractivity contribution is -0.138. The third-order valence-corrected chi connectivity index (χ3v) is 5.49. The van der Waals surface area contributed by atoms with Crippen LogP contribution in [0.3, 0.4) is 0 Å². The summed E-state index contributed by atoms with van der Waals surface area (Å²) < 4.78 is 12.7. The zero-order valence-electron chi connectivity index (χ0n) is 15.7. The summed E-state index contributed by atoms with van der Waals surface area (Å²) in [6.45, 7) is 5.42. The topological polar surface area (TPSA) is 73.8 Å². The van der Waals surface area contributed by atoms with Crippen LogP contribution < -0.4 is 14.9 Å². The lowest BCUT2D eigenvalue weighted by atomic mass is 9.96. The highest BCUT2D eigenvalue weighted by Gasteiger charge is 2.33. The number of benzene rings is 1. The molecule has 0 aliphatic carbocycles. The maximum Gasteiger partial charge on any atom is 0.338 e. The predicted molar refractivity (Wildman–Crippen MR) is 110 cm³/mol. The zero-order chi connectivity index (χ0) is 20.4. The van der Waals surface area contributed by atoms with E-state index in [2.05, 4.69) is 11.6 Å². The number of carbonyl (C=O) groups is 1. The SMILES string of the molecule is C=CCOC(=O)C1=C(C)N=c2s/c(=C\c3ccco3)c(=O)n2C1c1ccccc1. The number of esters is 1. The van der Waals surface area contributed by atoms with Gasteiger partial charge in [-0.3, -0.25) is 9.36 Å². The number of aromatic nitrogens is 1. The van der Waals surface area contributed by atoms with Crippen molar-refractivity contribution in [1.82, 2.24) is 4.57 Å². The number of allylic oxidation sites excluding steroid dienone is 1. The largest absolute Gasteiger partial charge is 0.465 e. The van der Waals surface area contributed by atoms with Gasteiger partial charge in [0.1, 0.15) is 12.4 Å². The van der Waals surface area contributed by atoms with Crippen molar-refractivity contribution in [3.05, 3.63) is 104 Å². The Morgan fingerprint density at radius 3 is 2.79 bits per heavy atom. The molecule has 0 saturated heterocycles. The van der Waals surface area contributed by atoms with Gasteiger partial charge in [-0.25, -0.2) is 9.79 Å². The maximum absolute atomic E-state index is 13.3. The molecular weight excluding hydrogens is 388 g/mol.